The van der Waals surface area contributed by atoms with Gasteiger partial charge in [-0.15, -0.1) is 0 Å². The summed E-state index contributed by atoms with van der Waals surface area (Å²) in [5.41, 5.74) is 1.37. The van der Waals surface area contributed by atoms with Gasteiger partial charge in [0.15, 0.2) is 5.60 Å². The van der Waals surface area contributed by atoms with E-state index < -0.39 is 23.5 Å². The summed E-state index contributed by atoms with van der Waals surface area (Å²) in [7, 11) is 0. The number of rotatable bonds is 2. The highest BCUT2D eigenvalue weighted by Crippen LogP contribution is 2.59. The lowest BCUT2D eigenvalue weighted by molar-refractivity contribution is -0.132. The zero-order valence-corrected chi connectivity index (χ0v) is 20.9. The van der Waals surface area contributed by atoms with E-state index in [2.05, 4.69) is 0 Å². The highest BCUT2D eigenvalue weighted by molar-refractivity contribution is 6.01. The number of fused-ring (bicyclic) bond motifs is 10. The van der Waals surface area contributed by atoms with Crippen molar-refractivity contribution in [2.24, 2.45) is 0 Å². The van der Waals surface area contributed by atoms with Gasteiger partial charge in [0.2, 0.25) is 0 Å². The highest BCUT2D eigenvalue weighted by atomic mass is 16.6. The van der Waals surface area contributed by atoms with Crippen LogP contribution in [0.4, 0.5) is 0 Å². The lowest BCUT2D eigenvalue weighted by atomic mass is 9.76. The average Bonchev–Trinajstić information content (AvgIpc) is 3.20. The number of carbonyl (C=O) groups excluding carboxylic acids is 3. The molecule has 190 valence electrons. The lowest BCUT2D eigenvalue weighted by Gasteiger charge is -2.37. The Labute approximate surface area is 222 Å². The van der Waals surface area contributed by atoms with E-state index >= 15 is 0 Å². The van der Waals surface area contributed by atoms with Gasteiger partial charge in [-0.05, 0) is 65.4 Å². The summed E-state index contributed by atoms with van der Waals surface area (Å²) in [5, 5.41) is 3.12. The van der Waals surface area contributed by atoms with Crippen molar-refractivity contribution in [1.29, 1.82) is 0 Å². The molecule has 0 saturated carbocycles. The quantitative estimate of drug-likeness (QED) is 0.198. The van der Waals surface area contributed by atoms with Crippen molar-refractivity contribution in [3.63, 3.8) is 0 Å². The summed E-state index contributed by atoms with van der Waals surface area (Å²) in [6.45, 7) is 2.70. The van der Waals surface area contributed by atoms with Crippen LogP contribution in [0.5, 0.6) is 23.0 Å². The maximum atomic E-state index is 13.2. The van der Waals surface area contributed by atoms with E-state index in [1.807, 2.05) is 54.6 Å². The van der Waals surface area contributed by atoms with E-state index in [1.54, 1.807) is 30.3 Å². The molecule has 0 amide bonds. The second-order valence-corrected chi connectivity index (χ2v) is 9.56. The number of hydrogen-bond acceptors (Lipinski definition) is 7. The molecular weight excluding hydrogens is 496 g/mol. The standard InChI is InChI=1S/C32H20O7/c1-17(33)36-21-9-11-23-19(15-21)7-13-27-29(23)38-30-24-12-10-22(37-18(2)34)16-20(24)8-14-28(30)32(27)26-6-4-3-5-25(26)31(35)39-32/h3-16H,1-2H3. The van der Waals surface area contributed by atoms with Crippen LogP contribution >= 0.6 is 0 Å². The Kier molecular flexibility index (Phi) is 4.81. The smallest absolute Gasteiger partial charge is 0.340 e. The van der Waals surface area contributed by atoms with Crippen molar-refractivity contribution in [3.05, 3.63) is 107 Å². The summed E-state index contributed by atoms with van der Waals surface area (Å²) in [5.74, 6) is 0.672. The third-order valence-electron chi connectivity index (χ3n) is 7.14. The Balaban J connectivity index is 1.53. The monoisotopic (exact) mass is 516 g/mol. The lowest BCUT2D eigenvalue weighted by Crippen LogP contribution is -2.33. The van der Waals surface area contributed by atoms with Gasteiger partial charge in [0, 0.05) is 41.3 Å². The summed E-state index contributed by atoms with van der Waals surface area (Å²) >= 11 is 0. The molecule has 2 aliphatic heterocycles. The van der Waals surface area contributed by atoms with E-state index in [4.69, 9.17) is 18.9 Å². The molecule has 7 rings (SSSR count). The molecule has 0 saturated heterocycles. The minimum absolute atomic E-state index is 0.412. The van der Waals surface area contributed by atoms with Crippen molar-refractivity contribution in [3.8, 4) is 23.0 Å². The molecule has 0 atom stereocenters. The van der Waals surface area contributed by atoms with Crippen molar-refractivity contribution >= 4 is 39.5 Å². The maximum absolute atomic E-state index is 13.2. The molecule has 0 fully saturated rings. The largest absolute Gasteiger partial charge is 0.455 e. The zero-order chi connectivity index (χ0) is 26.9. The normalized spacial score (nSPS) is 14.3. The number of carbonyl (C=O) groups is 3. The Morgan fingerprint density at radius 2 is 1.21 bits per heavy atom. The highest BCUT2D eigenvalue weighted by Gasteiger charge is 2.54. The molecule has 2 heterocycles. The van der Waals surface area contributed by atoms with E-state index in [0.717, 1.165) is 27.1 Å². The minimum atomic E-state index is -1.23. The average molecular weight is 517 g/mol. The fourth-order valence-corrected chi connectivity index (χ4v) is 5.66. The van der Waals surface area contributed by atoms with Crippen LogP contribution in [-0.4, -0.2) is 17.9 Å². The Morgan fingerprint density at radius 3 is 1.74 bits per heavy atom. The molecular formula is C32H20O7. The van der Waals surface area contributed by atoms with E-state index in [-0.39, 0.29) is 0 Å². The van der Waals surface area contributed by atoms with E-state index in [0.29, 0.717) is 39.7 Å². The van der Waals surface area contributed by atoms with Crippen LogP contribution in [0.15, 0.2) is 84.9 Å². The maximum Gasteiger partial charge on any atom is 0.340 e. The van der Waals surface area contributed by atoms with E-state index in [1.165, 1.54) is 13.8 Å². The second kappa shape index (κ2) is 8.16. The summed E-state index contributed by atoms with van der Waals surface area (Å²) < 4.78 is 23.6. The van der Waals surface area contributed by atoms with Crippen molar-refractivity contribution in [2.75, 3.05) is 0 Å². The molecule has 0 unspecified atom stereocenters. The first-order valence-corrected chi connectivity index (χ1v) is 12.4. The van der Waals surface area contributed by atoms with Gasteiger partial charge in [0.25, 0.3) is 0 Å². The molecule has 0 N–H and O–H groups in total. The number of hydrogen-bond donors (Lipinski definition) is 0. The van der Waals surface area contributed by atoms with Crippen molar-refractivity contribution in [2.45, 2.75) is 19.4 Å². The van der Waals surface area contributed by atoms with Gasteiger partial charge >= 0.3 is 17.9 Å². The second-order valence-electron chi connectivity index (χ2n) is 9.56. The predicted octanol–water partition coefficient (Wildman–Crippen LogP) is 6.41. The van der Waals surface area contributed by atoms with Crippen molar-refractivity contribution in [1.82, 2.24) is 0 Å². The predicted molar refractivity (Wildman–Crippen MR) is 142 cm³/mol. The number of ether oxygens (including phenoxy) is 4. The SMILES string of the molecule is CC(=O)Oc1ccc2c3c(ccc2c1)C1(OC(=O)c2ccccc21)c1ccc2cc(OC(C)=O)ccc2c1O3. The molecule has 0 bridgehead atoms. The molecule has 0 aromatic heterocycles. The van der Waals surface area contributed by atoms with Crippen LogP contribution < -0.4 is 14.2 Å². The topological polar surface area (TPSA) is 88.1 Å². The third-order valence-corrected chi connectivity index (χ3v) is 7.14. The minimum Gasteiger partial charge on any atom is -0.455 e. The van der Waals surface area contributed by atoms with Gasteiger partial charge in [-0.3, -0.25) is 9.59 Å². The van der Waals surface area contributed by atoms with Gasteiger partial charge in [0.05, 0.1) is 5.56 Å². The Bertz CT molecular complexity index is 1800. The molecule has 7 heteroatoms. The molecule has 5 aromatic rings. The number of esters is 3. The number of benzene rings is 5. The first-order valence-electron chi connectivity index (χ1n) is 12.4. The van der Waals surface area contributed by atoms with Gasteiger partial charge < -0.3 is 18.9 Å². The van der Waals surface area contributed by atoms with Gasteiger partial charge in [-0.2, -0.15) is 0 Å². The fraction of sp³-hybridized carbons (Fsp3) is 0.0938. The zero-order valence-electron chi connectivity index (χ0n) is 20.9. The molecule has 5 aromatic carbocycles. The van der Waals surface area contributed by atoms with Crippen LogP contribution in [-0.2, 0) is 19.9 Å². The Morgan fingerprint density at radius 1 is 0.667 bits per heavy atom. The molecule has 0 aliphatic carbocycles. The van der Waals surface area contributed by atoms with Crippen LogP contribution in [0.2, 0.25) is 0 Å². The fourth-order valence-electron chi connectivity index (χ4n) is 5.66. The molecule has 2 aliphatic rings. The first-order chi connectivity index (χ1) is 18.8. The van der Waals surface area contributed by atoms with Gasteiger partial charge in [-0.25, -0.2) is 4.79 Å². The first kappa shape index (κ1) is 23.0. The van der Waals surface area contributed by atoms with Crippen LogP contribution in [0, 0.1) is 0 Å². The van der Waals surface area contributed by atoms with Crippen LogP contribution in [0.25, 0.3) is 21.5 Å². The van der Waals surface area contributed by atoms with Gasteiger partial charge in [-0.1, -0.05) is 30.3 Å². The van der Waals surface area contributed by atoms with Crippen LogP contribution in [0.3, 0.4) is 0 Å². The Hall–Kier alpha value is -5.17. The molecule has 0 radical (unpaired) electrons. The van der Waals surface area contributed by atoms with Crippen LogP contribution in [0.1, 0.15) is 40.9 Å². The van der Waals surface area contributed by atoms with E-state index in [9.17, 15) is 14.4 Å². The summed E-state index contributed by atoms with van der Waals surface area (Å²) in [6, 6.07) is 25.6. The third kappa shape index (κ3) is 3.33. The molecule has 1 spiro atoms. The summed E-state index contributed by atoms with van der Waals surface area (Å²) in [6.07, 6.45) is 0. The molecule has 39 heavy (non-hydrogen) atoms. The van der Waals surface area contributed by atoms with Gasteiger partial charge in [0.1, 0.15) is 23.0 Å². The van der Waals surface area contributed by atoms with Crippen molar-refractivity contribution < 1.29 is 33.3 Å². The molecule has 7 nitrogen and oxygen atoms in total. The summed E-state index contributed by atoms with van der Waals surface area (Å²) in [4.78, 5) is 36.3.